The van der Waals surface area contributed by atoms with Crippen LogP contribution in [0.5, 0.6) is 11.5 Å². The van der Waals surface area contributed by atoms with Crippen LogP contribution in [-0.2, 0) is 4.79 Å². The SMILES string of the molecule is CCOc1ccc(/C=C2\S/C(=N/c3nc(C)cs3)N(c3ccccc3)C2=O)cc1OC. The number of amidine groups is 1. The molecule has 1 aromatic heterocycles. The van der Waals surface area contributed by atoms with Crippen LogP contribution in [0.25, 0.3) is 6.08 Å². The molecule has 2 heterocycles. The van der Waals surface area contributed by atoms with Gasteiger partial charge < -0.3 is 9.47 Å². The molecule has 0 spiro atoms. The minimum Gasteiger partial charge on any atom is -0.493 e. The van der Waals surface area contributed by atoms with Crippen molar-refractivity contribution in [1.29, 1.82) is 0 Å². The lowest BCUT2D eigenvalue weighted by atomic mass is 10.2. The zero-order chi connectivity index (χ0) is 21.8. The number of benzene rings is 2. The number of anilines is 1. The van der Waals surface area contributed by atoms with Crippen molar-refractivity contribution in [2.45, 2.75) is 13.8 Å². The molecule has 0 radical (unpaired) electrons. The van der Waals surface area contributed by atoms with Gasteiger partial charge in [-0.15, -0.1) is 11.3 Å². The minimum absolute atomic E-state index is 0.129. The third-order valence-electron chi connectivity index (χ3n) is 4.40. The van der Waals surface area contributed by atoms with Crippen molar-refractivity contribution in [2.75, 3.05) is 18.6 Å². The summed E-state index contributed by atoms with van der Waals surface area (Å²) in [5.41, 5.74) is 2.51. The molecule has 6 nitrogen and oxygen atoms in total. The number of para-hydroxylation sites is 1. The number of hydrogen-bond acceptors (Lipinski definition) is 7. The summed E-state index contributed by atoms with van der Waals surface area (Å²) < 4.78 is 11.0. The highest BCUT2D eigenvalue weighted by molar-refractivity contribution is 8.19. The van der Waals surface area contributed by atoms with Gasteiger partial charge in [0, 0.05) is 5.38 Å². The standard InChI is InChI=1S/C23H21N3O3S2/c1-4-29-18-11-10-16(12-19(18)28-3)13-20-21(27)26(17-8-6-5-7-9-17)23(31-20)25-22-24-15(2)14-30-22/h5-14H,4H2,1-3H3/b20-13-,25-23+. The molecule has 1 fully saturated rings. The smallest absolute Gasteiger partial charge is 0.271 e. The Labute approximate surface area is 189 Å². The van der Waals surface area contributed by atoms with Gasteiger partial charge in [0.05, 0.1) is 30.0 Å². The number of aromatic nitrogens is 1. The summed E-state index contributed by atoms with van der Waals surface area (Å²) in [7, 11) is 1.60. The second kappa shape index (κ2) is 9.36. The molecule has 31 heavy (non-hydrogen) atoms. The van der Waals surface area contributed by atoms with Gasteiger partial charge in [-0.1, -0.05) is 24.3 Å². The van der Waals surface area contributed by atoms with Crippen molar-refractivity contribution in [3.05, 3.63) is 70.1 Å². The Balaban J connectivity index is 1.72. The zero-order valence-electron chi connectivity index (χ0n) is 17.4. The maximum atomic E-state index is 13.3. The number of methoxy groups -OCH3 is 1. The first-order valence-corrected chi connectivity index (χ1v) is 11.4. The predicted molar refractivity (Wildman–Crippen MR) is 128 cm³/mol. The topological polar surface area (TPSA) is 64.0 Å². The highest BCUT2D eigenvalue weighted by Gasteiger charge is 2.35. The molecule has 0 atom stereocenters. The number of carbonyl (C=O) groups is 1. The lowest BCUT2D eigenvalue weighted by Crippen LogP contribution is -2.28. The Kier molecular flexibility index (Phi) is 6.39. The Morgan fingerprint density at radius 2 is 1.97 bits per heavy atom. The van der Waals surface area contributed by atoms with Crippen molar-refractivity contribution in [3.8, 4) is 11.5 Å². The largest absolute Gasteiger partial charge is 0.493 e. The van der Waals surface area contributed by atoms with Gasteiger partial charge in [0.25, 0.3) is 5.91 Å². The van der Waals surface area contributed by atoms with Crippen molar-refractivity contribution in [2.24, 2.45) is 4.99 Å². The van der Waals surface area contributed by atoms with Crippen LogP contribution in [0.15, 0.2) is 63.8 Å². The predicted octanol–water partition coefficient (Wildman–Crippen LogP) is 5.67. The maximum Gasteiger partial charge on any atom is 0.271 e. The van der Waals surface area contributed by atoms with Crippen molar-refractivity contribution in [3.63, 3.8) is 0 Å². The number of nitrogens with zero attached hydrogens (tertiary/aromatic N) is 3. The molecule has 1 amide bonds. The average molecular weight is 452 g/mol. The quantitative estimate of drug-likeness (QED) is 0.452. The highest BCUT2D eigenvalue weighted by Crippen LogP contribution is 2.38. The summed E-state index contributed by atoms with van der Waals surface area (Å²) in [5.74, 6) is 1.17. The normalized spacial score (nSPS) is 16.4. The van der Waals surface area contributed by atoms with E-state index in [2.05, 4.69) is 9.98 Å². The van der Waals surface area contributed by atoms with Crippen LogP contribution in [0.4, 0.5) is 10.8 Å². The third-order valence-corrected chi connectivity index (χ3v) is 6.23. The van der Waals surface area contributed by atoms with Gasteiger partial charge in [-0.3, -0.25) is 9.69 Å². The van der Waals surface area contributed by atoms with E-state index >= 15 is 0 Å². The molecular formula is C23H21N3O3S2. The summed E-state index contributed by atoms with van der Waals surface area (Å²) in [5, 5.41) is 3.14. The summed E-state index contributed by atoms with van der Waals surface area (Å²) in [6.45, 7) is 4.39. The van der Waals surface area contributed by atoms with Gasteiger partial charge in [-0.2, -0.15) is 4.99 Å². The van der Waals surface area contributed by atoms with Gasteiger partial charge in [-0.05, 0) is 61.5 Å². The Morgan fingerprint density at radius 1 is 1.16 bits per heavy atom. The van der Waals surface area contributed by atoms with Crippen LogP contribution < -0.4 is 14.4 Å². The number of aliphatic imine (C=N–C) groups is 1. The fraction of sp³-hybridized carbons (Fsp3) is 0.174. The minimum atomic E-state index is -0.129. The molecule has 0 bridgehead atoms. The third kappa shape index (κ3) is 4.65. The van der Waals surface area contributed by atoms with Crippen LogP contribution in [-0.4, -0.2) is 29.8 Å². The first-order valence-electron chi connectivity index (χ1n) is 9.69. The second-order valence-electron chi connectivity index (χ2n) is 6.60. The maximum absolute atomic E-state index is 13.3. The van der Waals surface area contributed by atoms with Gasteiger partial charge in [0.1, 0.15) is 0 Å². The van der Waals surface area contributed by atoms with Crippen molar-refractivity contribution in [1.82, 2.24) is 4.98 Å². The number of aryl methyl sites for hydroxylation is 1. The van der Waals surface area contributed by atoms with E-state index in [1.807, 2.05) is 73.8 Å². The van der Waals surface area contributed by atoms with E-state index in [0.717, 1.165) is 16.9 Å². The lowest BCUT2D eigenvalue weighted by Gasteiger charge is -2.14. The van der Waals surface area contributed by atoms with Crippen LogP contribution in [0.2, 0.25) is 0 Å². The van der Waals surface area contributed by atoms with Crippen LogP contribution in [0.3, 0.4) is 0 Å². The van der Waals surface area contributed by atoms with E-state index in [1.54, 1.807) is 12.0 Å². The number of hydrogen-bond donors (Lipinski definition) is 0. The van der Waals surface area contributed by atoms with Gasteiger partial charge in [0.15, 0.2) is 16.7 Å². The second-order valence-corrected chi connectivity index (χ2v) is 8.44. The molecule has 0 aliphatic carbocycles. The molecule has 8 heteroatoms. The Morgan fingerprint density at radius 3 is 2.65 bits per heavy atom. The first kappa shape index (κ1) is 21.1. The summed E-state index contributed by atoms with van der Waals surface area (Å²) in [6.07, 6.45) is 1.84. The number of carbonyl (C=O) groups excluding carboxylic acids is 1. The highest BCUT2D eigenvalue weighted by atomic mass is 32.2. The Hall–Kier alpha value is -3.10. The first-order chi connectivity index (χ1) is 15.1. The molecule has 1 saturated heterocycles. The van der Waals surface area contributed by atoms with E-state index in [0.29, 0.717) is 33.3 Å². The van der Waals surface area contributed by atoms with Crippen LogP contribution in [0, 0.1) is 6.92 Å². The van der Waals surface area contributed by atoms with E-state index in [-0.39, 0.29) is 5.91 Å². The Bertz CT molecular complexity index is 1160. The molecule has 0 unspecified atom stereocenters. The molecule has 1 aliphatic rings. The average Bonchev–Trinajstić information content (AvgIpc) is 3.32. The molecule has 158 valence electrons. The molecule has 3 aromatic rings. The van der Waals surface area contributed by atoms with E-state index < -0.39 is 0 Å². The number of amides is 1. The molecule has 4 rings (SSSR count). The summed E-state index contributed by atoms with van der Waals surface area (Å²) in [6, 6.07) is 15.1. The fourth-order valence-electron chi connectivity index (χ4n) is 3.03. The molecule has 0 N–H and O–H groups in total. The number of thiazole rings is 1. The van der Waals surface area contributed by atoms with Crippen LogP contribution in [0.1, 0.15) is 18.2 Å². The fourth-order valence-corrected chi connectivity index (χ4v) is 4.73. The molecule has 1 aliphatic heterocycles. The molecule has 2 aromatic carbocycles. The number of rotatable bonds is 6. The van der Waals surface area contributed by atoms with E-state index in [4.69, 9.17) is 9.47 Å². The van der Waals surface area contributed by atoms with Crippen molar-refractivity contribution < 1.29 is 14.3 Å². The lowest BCUT2D eigenvalue weighted by molar-refractivity contribution is -0.113. The zero-order valence-corrected chi connectivity index (χ0v) is 19.0. The summed E-state index contributed by atoms with van der Waals surface area (Å²) >= 11 is 2.78. The number of ether oxygens (including phenoxy) is 2. The monoisotopic (exact) mass is 451 g/mol. The van der Waals surface area contributed by atoms with Gasteiger partial charge >= 0.3 is 0 Å². The summed E-state index contributed by atoms with van der Waals surface area (Å²) in [4.78, 5) is 24.6. The van der Waals surface area contributed by atoms with E-state index in [1.165, 1.54) is 23.1 Å². The van der Waals surface area contributed by atoms with E-state index in [9.17, 15) is 4.79 Å². The number of thioether (sulfide) groups is 1. The van der Waals surface area contributed by atoms with Gasteiger partial charge in [-0.25, -0.2) is 4.98 Å². The van der Waals surface area contributed by atoms with Crippen LogP contribution >= 0.6 is 23.1 Å². The van der Waals surface area contributed by atoms with Crippen molar-refractivity contribution >= 4 is 51.1 Å². The van der Waals surface area contributed by atoms with Gasteiger partial charge in [0.2, 0.25) is 5.13 Å². The molecule has 0 saturated carbocycles. The molecular weight excluding hydrogens is 430 g/mol.